The molecule has 0 aliphatic rings. The van der Waals surface area contributed by atoms with Crippen LogP contribution >= 0.6 is 11.6 Å². The first kappa shape index (κ1) is 25.8. The van der Waals surface area contributed by atoms with Gasteiger partial charge in [-0.2, -0.15) is 13.2 Å². The Morgan fingerprint density at radius 2 is 1.51 bits per heavy atom. The summed E-state index contributed by atoms with van der Waals surface area (Å²) in [6.07, 6.45) is -2.92. The number of rotatable bonds is 6. The van der Waals surface area contributed by atoms with E-state index in [1.807, 2.05) is 37.3 Å². The summed E-state index contributed by atoms with van der Waals surface area (Å²) >= 11 is 5.59. The molecule has 0 bridgehead atoms. The predicted molar refractivity (Wildman–Crippen MR) is 132 cm³/mol. The SMILES string of the molecule is C/C(=C\c1ccc(NC(=O)Nc2ccc(Cl)c(C(F)(F)F)c2)cc1)C(=O)NC(C)c1ccccc1. The summed E-state index contributed by atoms with van der Waals surface area (Å²) in [6.45, 7) is 3.61. The Labute approximate surface area is 206 Å². The molecule has 3 aromatic rings. The molecule has 3 rings (SSSR count). The van der Waals surface area contributed by atoms with Crippen LogP contribution in [-0.2, 0) is 11.0 Å². The summed E-state index contributed by atoms with van der Waals surface area (Å²) in [5.74, 6) is -0.205. The Kier molecular flexibility index (Phi) is 8.19. The van der Waals surface area contributed by atoms with Gasteiger partial charge in [-0.05, 0) is 61.4 Å². The lowest BCUT2D eigenvalue weighted by atomic mass is 10.1. The lowest BCUT2D eigenvalue weighted by Gasteiger charge is -2.14. The van der Waals surface area contributed by atoms with E-state index in [1.54, 1.807) is 37.3 Å². The first-order valence-corrected chi connectivity index (χ1v) is 11.0. The van der Waals surface area contributed by atoms with Gasteiger partial charge in [0.1, 0.15) is 0 Å². The largest absolute Gasteiger partial charge is 0.417 e. The van der Waals surface area contributed by atoms with Crippen molar-refractivity contribution in [1.82, 2.24) is 5.32 Å². The first-order chi connectivity index (χ1) is 16.5. The minimum absolute atomic E-state index is 0.0508. The van der Waals surface area contributed by atoms with E-state index in [0.29, 0.717) is 11.3 Å². The highest BCUT2D eigenvalue weighted by molar-refractivity contribution is 6.31. The van der Waals surface area contributed by atoms with Crippen LogP contribution in [0.2, 0.25) is 5.02 Å². The van der Waals surface area contributed by atoms with Crippen LogP contribution in [0, 0.1) is 0 Å². The molecule has 0 aromatic heterocycles. The maximum atomic E-state index is 13.0. The van der Waals surface area contributed by atoms with Crippen molar-refractivity contribution >= 4 is 41.0 Å². The van der Waals surface area contributed by atoms with Gasteiger partial charge in [-0.1, -0.05) is 54.1 Å². The number of halogens is 4. The van der Waals surface area contributed by atoms with E-state index >= 15 is 0 Å². The number of nitrogens with one attached hydrogen (secondary N) is 3. The fourth-order valence-corrected chi connectivity index (χ4v) is 3.45. The molecule has 0 spiro atoms. The third-order valence-corrected chi connectivity index (χ3v) is 5.42. The highest BCUT2D eigenvalue weighted by Crippen LogP contribution is 2.36. The number of hydrogen-bond donors (Lipinski definition) is 3. The Morgan fingerprint density at radius 3 is 2.14 bits per heavy atom. The maximum absolute atomic E-state index is 13.0. The minimum Gasteiger partial charge on any atom is -0.346 e. The zero-order valence-electron chi connectivity index (χ0n) is 18.9. The van der Waals surface area contributed by atoms with Gasteiger partial charge >= 0.3 is 12.2 Å². The van der Waals surface area contributed by atoms with Crippen LogP contribution in [-0.4, -0.2) is 11.9 Å². The summed E-state index contributed by atoms with van der Waals surface area (Å²) in [5, 5.41) is 7.39. The molecule has 1 atom stereocenters. The van der Waals surface area contributed by atoms with E-state index in [0.717, 1.165) is 23.3 Å². The summed E-state index contributed by atoms with van der Waals surface area (Å²) in [4.78, 5) is 24.7. The van der Waals surface area contributed by atoms with Gasteiger partial charge in [0.05, 0.1) is 16.6 Å². The molecule has 0 aliphatic carbocycles. The van der Waals surface area contributed by atoms with Gasteiger partial charge in [-0.3, -0.25) is 4.79 Å². The van der Waals surface area contributed by atoms with E-state index in [4.69, 9.17) is 11.6 Å². The normalized spacial score (nSPS) is 12.6. The second-order valence-corrected chi connectivity index (χ2v) is 8.23. The second-order valence-electron chi connectivity index (χ2n) is 7.83. The molecule has 182 valence electrons. The van der Waals surface area contributed by atoms with Crippen LogP contribution < -0.4 is 16.0 Å². The molecule has 9 heteroatoms. The standard InChI is InChI=1S/C26H23ClF3N3O2/c1-16(24(34)31-17(2)19-6-4-3-5-7-19)14-18-8-10-20(11-9-18)32-25(35)33-21-12-13-23(27)22(15-21)26(28,29)30/h3-15,17H,1-2H3,(H,31,34)(H2,32,33,35)/b16-14+. The van der Waals surface area contributed by atoms with Gasteiger partial charge in [0.15, 0.2) is 0 Å². The number of amides is 3. The molecule has 3 N–H and O–H groups in total. The Morgan fingerprint density at radius 1 is 0.914 bits per heavy atom. The second kappa shape index (κ2) is 11.1. The van der Waals surface area contributed by atoms with Crippen molar-refractivity contribution in [2.24, 2.45) is 0 Å². The number of carbonyl (C=O) groups is 2. The Balaban J connectivity index is 1.59. The number of anilines is 2. The molecule has 3 amide bonds. The lowest BCUT2D eigenvalue weighted by molar-refractivity contribution is -0.137. The molecule has 3 aromatic carbocycles. The van der Waals surface area contributed by atoms with Gasteiger partial charge in [0.2, 0.25) is 5.91 Å². The van der Waals surface area contributed by atoms with Crippen LogP contribution in [0.5, 0.6) is 0 Å². The molecule has 0 saturated heterocycles. The van der Waals surface area contributed by atoms with Gasteiger partial charge in [-0.25, -0.2) is 4.79 Å². The number of benzene rings is 3. The minimum atomic E-state index is -4.64. The van der Waals surface area contributed by atoms with Gasteiger partial charge in [-0.15, -0.1) is 0 Å². The summed E-state index contributed by atoms with van der Waals surface area (Å²) in [5.41, 5.74) is 1.58. The molecule has 0 heterocycles. The molecule has 0 saturated carbocycles. The molecule has 5 nitrogen and oxygen atoms in total. The average molecular weight is 502 g/mol. The quantitative estimate of drug-likeness (QED) is 0.310. The van der Waals surface area contributed by atoms with Crippen molar-refractivity contribution < 1.29 is 22.8 Å². The monoisotopic (exact) mass is 501 g/mol. The predicted octanol–water partition coefficient (Wildman–Crippen LogP) is 7.28. The highest BCUT2D eigenvalue weighted by atomic mass is 35.5. The molecule has 1 unspecified atom stereocenters. The number of carbonyl (C=O) groups excluding carboxylic acids is 2. The van der Waals surface area contributed by atoms with E-state index in [1.165, 1.54) is 6.07 Å². The molecule has 0 aliphatic heterocycles. The van der Waals surface area contributed by atoms with Gasteiger partial charge in [0.25, 0.3) is 0 Å². The Bertz CT molecular complexity index is 1230. The zero-order valence-corrected chi connectivity index (χ0v) is 19.7. The van der Waals surface area contributed by atoms with Gasteiger partial charge in [0, 0.05) is 16.9 Å². The smallest absolute Gasteiger partial charge is 0.346 e. The van der Waals surface area contributed by atoms with Crippen molar-refractivity contribution in [2.45, 2.75) is 26.1 Å². The third-order valence-electron chi connectivity index (χ3n) is 5.09. The summed E-state index contributed by atoms with van der Waals surface area (Å²) in [6, 6.07) is 18.5. The zero-order chi connectivity index (χ0) is 25.6. The van der Waals surface area contributed by atoms with E-state index in [2.05, 4.69) is 16.0 Å². The number of alkyl halides is 3. The Hall–Kier alpha value is -3.78. The van der Waals surface area contributed by atoms with Crippen molar-refractivity contribution in [3.05, 3.63) is 100 Å². The van der Waals surface area contributed by atoms with Crippen molar-refractivity contribution in [3.63, 3.8) is 0 Å². The molecule has 0 radical (unpaired) electrons. The average Bonchev–Trinajstić information content (AvgIpc) is 2.81. The van der Waals surface area contributed by atoms with E-state index in [-0.39, 0.29) is 17.6 Å². The fourth-order valence-electron chi connectivity index (χ4n) is 3.23. The van der Waals surface area contributed by atoms with Crippen molar-refractivity contribution in [2.75, 3.05) is 10.6 Å². The highest BCUT2D eigenvalue weighted by Gasteiger charge is 2.33. The number of urea groups is 1. The van der Waals surface area contributed by atoms with Crippen LogP contribution in [0.3, 0.4) is 0 Å². The van der Waals surface area contributed by atoms with Crippen molar-refractivity contribution in [3.8, 4) is 0 Å². The fraction of sp³-hybridized carbons (Fsp3) is 0.154. The van der Waals surface area contributed by atoms with Crippen molar-refractivity contribution in [1.29, 1.82) is 0 Å². The summed E-state index contributed by atoms with van der Waals surface area (Å²) < 4.78 is 39.0. The van der Waals surface area contributed by atoms with E-state index in [9.17, 15) is 22.8 Å². The molecular formula is C26H23ClF3N3O2. The van der Waals surface area contributed by atoms with Crippen LogP contribution in [0.25, 0.3) is 6.08 Å². The van der Waals surface area contributed by atoms with E-state index < -0.39 is 22.8 Å². The van der Waals surface area contributed by atoms with Crippen LogP contribution in [0.4, 0.5) is 29.3 Å². The number of hydrogen-bond acceptors (Lipinski definition) is 2. The maximum Gasteiger partial charge on any atom is 0.417 e. The molecule has 0 fully saturated rings. The third kappa shape index (κ3) is 7.35. The first-order valence-electron chi connectivity index (χ1n) is 10.6. The van der Waals surface area contributed by atoms with Crippen LogP contribution in [0.15, 0.2) is 78.4 Å². The van der Waals surface area contributed by atoms with Gasteiger partial charge < -0.3 is 16.0 Å². The molecule has 35 heavy (non-hydrogen) atoms. The topological polar surface area (TPSA) is 70.2 Å². The molecular weight excluding hydrogens is 479 g/mol. The summed E-state index contributed by atoms with van der Waals surface area (Å²) in [7, 11) is 0. The van der Waals surface area contributed by atoms with Crippen LogP contribution in [0.1, 0.15) is 36.6 Å². The lowest BCUT2D eigenvalue weighted by Crippen LogP contribution is -2.27.